The summed E-state index contributed by atoms with van der Waals surface area (Å²) in [5.74, 6) is 0.652. The Balaban J connectivity index is 1.66. The quantitative estimate of drug-likeness (QED) is 0.697. The summed E-state index contributed by atoms with van der Waals surface area (Å²) in [6.45, 7) is 3.87. The highest BCUT2D eigenvalue weighted by Gasteiger charge is 2.37. The minimum Gasteiger partial charge on any atom is -0.325 e. The van der Waals surface area contributed by atoms with Crippen LogP contribution in [0.2, 0.25) is 5.02 Å². The van der Waals surface area contributed by atoms with Crippen molar-refractivity contribution in [1.82, 2.24) is 14.9 Å². The Labute approximate surface area is 166 Å². The highest BCUT2D eigenvalue weighted by Crippen LogP contribution is 2.37. The first-order valence-corrected chi connectivity index (χ1v) is 9.75. The molecule has 6 nitrogen and oxygen atoms in total. The molecule has 1 aliphatic heterocycles. The Morgan fingerprint density at radius 2 is 1.96 bits per heavy atom. The molecule has 8 heteroatoms. The number of nitrogens with zero attached hydrogens (tertiary/aromatic N) is 3. The van der Waals surface area contributed by atoms with Gasteiger partial charge in [0, 0.05) is 10.7 Å². The van der Waals surface area contributed by atoms with Gasteiger partial charge in [0.1, 0.15) is 11.1 Å². The van der Waals surface area contributed by atoms with Gasteiger partial charge < -0.3 is 10.7 Å². The number of nitrogens with one attached hydrogen (secondary N) is 2. The summed E-state index contributed by atoms with van der Waals surface area (Å²) in [6.07, 6.45) is 0. The summed E-state index contributed by atoms with van der Waals surface area (Å²) in [6, 6.07) is 15.0. The number of hydrogen-bond acceptors (Lipinski definition) is 5. The monoisotopic (exact) mass is 399 g/mol. The zero-order chi connectivity index (χ0) is 19.0. The molecule has 2 aromatic carbocycles. The third-order valence-electron chi connectivity index (χ3n) is 4.37. The van der Waals surface area contributed by atoms with Gasteiger partial charge in [0.25, 0.3) is 0 Å². The number of aromatic nitrogens is 3. The highest BCUT2D eigenvalue weighted by molar-refractivity contribution is 8.00. The molecule has 1 amide bonds. The summed E-state index contributed by atoms with van der Waals surface area (Å²) in [5, 5.41) is 12.2. The number of benzene rings is 2. The minimum absolute atomic E-state index is 0.0926. The summed E-state index contributed by atoms with van der Waals surface area (Å²) >= 11 is 7.43. The van der Waals surface area contributed by atoms with Gasteiger partial charge in [0.2, 0.25) is 11.1 Å². The lowest BCUT2D eigenvalue weighted by Gasteiger charge is -2.32. The lowest BCUT2D eigenvalue weighted by atomic mass is 10.0. The molecule has 0 fully saturated rings. The number of carbonyl (C=O) groups excluding carboxylic acids is 1. The number of aryl methyl sites for hydroxylation is 2. The van der Waals surface area contributed by atoms with Crippen molar-refractivity contribution in [2.24, 2.45) is 0 Å². The predicted molar refractivity (Wildman–Crippen MR) is 108 cm³/mol. The van der Waals surface area contributed by atoms with E-state index in [0.29, 0.717) is 10.2 Å². The Morgan fingerprint density at radius 3 is 2.70 bits per heavy atom. The number of hydrogen-bond donors (Lipinski definition) is 2. The van der Waals surface area contributed by atoms with Gasteiger partial charge >= 0.3 is 0 Å². The average molecular weight is 400 g/mol. The van der Waals surface area contributed by atoms with E-state index in [1.54, 1.807) is 0 Å². The number of rotatable bonds is 3. The van der Waals surface area contributed by atoms with Crippen LogP contribution in [0.5, 0.6) is 0 Å². The number of fused-ring (bicyclic) bond motifs is 1. The zero-order valence-electron chi connectivity index (χ0n) is 14.8. The van der Waals surface area contributed by atoms with E-state index in [2.05, 4.69) is 20.9 Å². The van der Waals surface area contributed by atoms with Crippen molar-refractivity contribution < 1.29 is 4.79 Å². The maximum atomic E-state index is 13.1. The van der Waals surface area contributed by atoms with Crippen molar-refractivity contribution in [3.63, 3.8) is 0 Å². The molecule has 3 aromatic rings. The lowest BCUT2D eigenvalue weighted by molar-refractivity contribution is -0.116. The van der Waals surface area contributed by atoms with Gasteiger partial charge in [-0.2, -0.15) is 0 Å². The zero-order valence-corrected chi connectivity index (χ0v) is 16.4. The van der Waals surface area contributed by atoms with Crippen LogP contribution in [0, 0.1) is 13.8 Å². The van der Waals surface area contributed by atoms with Gasteiger partial charge in [-0.05, 0) is 49.2 Å². The molecule has 138 valence electrons. The normalized spacial score (nSPS) is 18.5. The van der Waals surface area contributed by atoms with Crippen molar-refractivity contribution in [2.45, 2.75) is 30.3 Å². The fourth-order valence-electron chi connectivity index (χ4n) is 3.02. The van der Waals surface area contributed by atoms with E-state index in [0.717, 1.165) is 22.6 Å². The van der Waals surface area contributed by atoms with Crippen molar-refractivity contribution >= 4 is 35.0 Å². The SMILES string of the molecule is Cc1cccc(NC(=O)C2Sc3nnc(C)n3NC2c2ccc(Cl)cc2)c1. The van der Waals surface area contributed by atoms with Crippen LogP contribution in [0.4, 0.5) is 5.69 Å². The van der Waals surface area contributed by atoms with Gasteiger partial charge in [-0.3, -0.25) is 4.79 Å². The number of halogens is 1. The van der Waals surface area contributed by atoms with Crippen LogP contribution >= 0.6 is 23.4 Å². The van der Waals surface area contributed by atoms with Crippen LogP contribution in [-0.4, -0.2) is 26.0 Å². The third kappa shape index (κ3) is 3.65. The van der Waals surface area contributed by atoms with Crippen LogP contribution in [0.15, 0.2) is 53.7 Å². The van der Waals surface area contributed by atoms with E-state index in [4.69, 9.17) is 11.6 Å². The molecule has 0 saturated carbocycles. The molecule has 0 aliphatic carbocycles. The first-order chi connectivity index (χ1) is 13.0. The second-order valence-electron chi connectivity index (χ2n) is 6.42. The number of amides is 1. The average Bonchev–Trinajstić information content (AvgIpc) is 3.02. The second kappa shape index (κ2) is 7.25. The van der Waals surface area contributed by atoms with E-state index >= 15 is 0 Å². The molecule has 0 saturated heterocycles. The Hall–Kier alpha value is -2.51. The lowest BCUT2D eigenvalue weighted by Crippen LogP contribution is -2.41. The van der Waals surface area contributed by atoms with Gasteiger partial charge in [0.15, 0.2) is 0 Å². The maximum absolute atomic E-state index is 13.1. The molecular weight excluding hydrogens is 382 g/mol. The highest BCUT2D eigenvalue weighted by atomic mass is 35.5. The second-order valence-corrected chi connectivity index (χ2v) is 7.97. The van der Waals surface area contributed by atoms with Gasteiger partial charge in [-0.25, -0.2) is 4.68 Å². The van der Waals surface area contributed by atoms with Crippen LogP contribution in [-0.2, 0) is 4.79 Å². The van der Waals surface area contributed by atoms with Crippen LogP contribution < -0.4 is 10.7 Å². The number of thioether (sulfide) groups is 1. The topological polar surface area (TPSA) is 71.8 Å². The summed E-state index contributed by atoms with van der Waals surface area (Å²) in [7, 11) is 0. The van der Waals surface area contributed by atoms with E-state index in [-0.39, 0.29) is 11.9 Å². The van der Waals surface area contributed by atoms with Crippen LogP contribution in [0.25, 0.3) is 0 Å². The molecule has 0 bridgehead atoms. The van der Waals surface area contributed by atoms with Crippen molar-refractivity contribution in [3.05, 3.63) is 70.5 Å². The molecule has 2 heterocycles. The molecule has 2 N–H and O–H groups in total. The van der Waals surface area contributed by atoms with Gasteiger partial charge in [-0.1, -0.05) is 47.6 Å². The molecule has 2 unspecified atom stereocenters. The molecule has 4 rings (SSSR count). The van der Waals surface area contributed by atoms with Crippen molar-refractivity contribution in [2.75, 3.05) is 10.7 Å². The Morgan fingerprint density at radius 1 is 1.19 bits per heavy atom. The molecular formula is C19H18ClN5OS. The summed E-state index contributed by atoms with van der Waals surface area (Å²) in [5.41, 5.74) is 6.21. The first kappa shape index (κ1) is 17.9. The largest absolute Gasteiger partial charge is 0.325 e. The van der Waals surface area contributed by atoms with E-state index in [9.17, 15) is 4.79 Å². The fourth-order valence-corrected chi connectivity index (χ4v) is 4.27. The number of anilines is 1. The Bertz CT molecular complexity index is 988. The third-order valence-corrected chi connectivity index (χ3v) is 5.84. The Kier molecular flexibility index (Phi) is 4.80. The van der Waals surface area contributed by atoms with E-state index in [1.807, 2.05) is 67.1 Å². The number of carbonyl (C=O) groups is 1. The predicted octanol–water partition coefficient (Wildman–Crippen LogP) is 3.95. The summed E-state index contributed by atoms with van der Waals surface area (Å²) < 4.78 is 1.82. The first-order valence-electron chi connectivity index (χ1n) is 8.49. The van der Waals surface area contributed by atoms with E-state index < -0.39 is 5.25 Å². The van der Waals surface area contributed by atoms with Crippen molar-refractivity contribution in [1.29, 1.82) is 0 Å². The maximum Gasteiger partial charge on any atom is 0.240 e. The molecule has 1 aliphatic rings. The van der Waals surface area contributed by atoms with Crippen LogP contribution in [0.1, 0.15) is 23.0 Å². The smallest absolute Gasteiger partial charge is 0.240 e. The van der Waals surface area contributed by atoms with E-state index in [1.165, 1.54) is 11.8 Å². The summed E-state index contributed by atoms with van der Waals surface area (Å²) in [4.78, 5) is 13.1. The molecule has 2 atom stereocenters. The molecule has 0 radical (unpaired) electrons. The standard InChI is InChI=1S/C19H18ClN5OS/c1-11-4-3-5-15(10-11)21-18(26)17-16(13-6-8-14(20)9-7-13)24-25-12(2)22-23-19(25)27-17/h3-10,16-17,24H,1-2H3,(H,21,26). The van der Waals surface area contributed by atoms with Gasteiger partial charge in [0.05, 0.1) is 6.04 Å². The molecule has 0 spiro atoms. The fraction of sp³-hybridized carbons (Fsp3) is 0.211. The van der Waals surface area contributed by atoms with Crippen LogP contribution in [0.3, 0.4) is 0 Å². The molecule has 1 aromatic heterocycles. The minimum atomic E-state index is -0.414. The van der Waals surface area contributed by atoms with Crippen molar-refractivity contribution in [3.8, 4) is 0 Å². The molecule has 27 heavy (non-hydrogen) atoms. The van der Waals surface area contributed by atoms with Gasteiger partial charge in [-0.15, -0.1) is 10.2 Å².